The highest BCUT2D eigenvalue weighted by atomic mass is 16.6. The predicted octanol–water partition coefficient (Wildman–Crippen LogP) is 7.94. The Labute approximate surface area is 250 Å². The summed E-state index contributed by atoms with van der Waals surface area (Å²) >= 11 is 0. The number of likely N-dealkylation sites (tertiary alicyclic amines) is 1. The smallest absolute Gasteiger partial charge is 0.113 e. The van der Waals surface area contributed by atoms with Gasteiger partial charge >= 0.3 is 0 Å². The molecule has 41 heavy (non-hydrogen) atoms. The lowest BCUT2D eigenvalue weighted by Crippen LogP contribution is -2.64. The van der Waals surface area contributed by atoms with Gasteiger partial charge in [0.2, 0.25) is 0 Å². The third-order valence-electron chi connectivity index (χ3n) is 8.29. The average molecular weight is 568 g/mol. The molecule has 1 aliphatic rings. The SMILES string of the molecule is CCCCCCCCO[C@H]1CN(CCCCCCCC)[C@H](COCc2ccccc2)[C@H](O)[C@@H]1OCc1ccccc1. The van der Waals surface area contributed by atoms with Gasteiger partial charge in [0.1, 0.15) is 12.2 Å². The van der Waals surface area contributed by atoms with Crippen molar-refractivity contribution in [1.82, 2.24) is 4.90 Å². The summed E-state index contributed by atoms with van der Waals surface area (Å²) in [6.07, 6.45) is 13.7. The zero-order chi connectivity index (χ0) is 29.0. The summed E-state index contributed by atoms with van der Waals surface area (Å²) in [6.45, 7) is 8.43. The highest BCUT2D eigenvalue weighted by Gasteiger charge is 2.44. The molecule has 1 saturated heterocycles. The number of benzene rings is 2. The van der Waals surface area contributed by atoms with E-state index in [4.69, 9.17) is 14.2 Å². The van der Waals surface area contributed by atoms with Crippen LogP contribution in [0, 0.1) is 0 Å². The van der Waals surface area contributed by atoms with E-state index < -0.39 is 6.10 Å². The van der Waals surface area contributed by atoms with Crippen LogP contribution in [0.2, 0.25) is 0 Å². The molecule has 0 aromatic heterocycles. The van der Waals surface area contributed by atoms with Crippen molar-refractivity contribution < 1.29 is 19.3 Å². The molecule has 0 spiro atoms. The highest BCUT2D eigenvalue weighted by Crippen LogP contribution is 2.26. The maximum absolute atomic E-state index is 11.8. The molecule has 4 atom stereocenters. The Hall–Kier alpha value is -1.76. The second kappa shape index (κ2) is 21.0. The molecular formula is C36H57NO4. The van der Waals surface area contributed by atoms with Crippen LogP contribution in [-0.2, 0) is 27.4 Å². The lowest BCUT2D eigenvalue weighted by Gasteiger charge is -2.47. The lowest BCUT2D eigenvalue weighted by atomic mass is 9.93. The molecule has 1 fully saturated rings. The van der Waals surface area contributed by atoms with Crippen molar-refractivity contribution >= 4 is 0 Å². The number of rotatable bonds is 22. The molecule has 0 aliphatic carbocycles. The van der Waals surface area contributed by atoms with Crippen LogP contribution in [0.25, 0.3) is 0 Å². The Balaban J connectivity index is 1.64. The molecule has 1 heterocycles. The average Bonchev–Trinajstić information content (AvgIpc) is 3.00. The zero-order valence-corrected chi connectivity index (χ0v) is 25.9. The van der Waals surface area contributed by atoms with Gasteiger partial charge in [-0.1, -0.05) is 139 Å². The van der Waals surface area contributed by atoms with E-state index in [-0.39, 0.29) is 18.2 Å². The number of unbranched alkanes of at least 4 members (excludes halogenated alkanes) is 10. The number of nitrogens with zero attached hydrogens (tertiary/aromatic N) is 1. The van der Waals surface area contributed by atoms with Gasteiger partial charge in [-0.15, -0.1) is 0 Å². The Morgan fingerprint density at radius 3 is 1.88 bits per heavy atom. The Morgan fingerprint density at radius 1 is 0.683 bits per heavy atom. The van der Waals surface area contributed by atoms with Crippen LogP contribution >= 0.6 is 0 Å². The third-order valence-corrected chi connectivity index (χ3v) is 8.29. The number of ether oxygens (including phenoxy) is 3. The zero-order valence-electron chi connectivity index (χ0n) is 25.9. The van der Waals surface area contributed by atoms with Crippen molar-refractivity contribution in [2.75, 3.05) is 26.3 Å². The van der Waals surface area contributed by atoms with E-state index in [0.717, 1.165) is 43.7 Å². The van der Waals surface area contributed by atoms with Crippen LogP contribution < -0.4 is 0 Å². The van der Waals surface area contributed by atoms with Crippen molar-refractivity contribution in [3.05, 3.63) is 71.8 Å². The summed E-state index contributed by atoms with van der Waals surface area (Å²) in [5.41, 5.74) is 2.26. The second-order valence-electron chi connectivity index (χ2n) is 11.8. The molecule has 230 valence electrons. The van der Waals surface area contributed by atoms with E-state index in [1.165, 1.54) is 64.2 Å². The van der Waals surface area contributed by atoms with Crippen LogP contribution in [0.15, 0.2) is 60.7 Å². The quantitative estimate of drug-likeness (QED) is 0.146. The maximum Gasteiger partial charge on any atom is 0.113 e. The molecule has 5 nitrogen and oxygen atoms in total. The summed E-state index contributed by atoms with van der Waals surface area (Å²) in [6, 6.07) is 20.4. The first-order chi connectivity index (χ1) is 20.2. The van der Waals surface area contributed by atoms with Gasteiger partial charge in [-0.05, 0) is 30.5 Å². The fourth-order valence-corrected chi connectivity index (χ4v) is 5.79. The van der Waals surface area contributed by atoms with E-state index in [9.17, 15) is 5.11 Å². The summed E-state index contributed by atoms with van der Waals surface area (Å²) < 4.78 is 19.2. The van der Waals surface area contributed by atoms with Gasteiger partial charge in [-0.2, -0.15) is 0 Å². The number of hydrogen-bond donors (Lipinski definition) is 1. The normalized spacial score (nSPS) is 21.3. The van der Waals surface area contributed by atoms with Gasteiger partial charge in [0.25, 0.3) is 0 Å². The summed E-state index contributed by atoms with van der Waals surface area (Å²) in [5, 5.41) is 11.8. The van der Waals surface area contributed by atoms with Crippen LogP contribution in [0.3, 0.4) is 0 Å². The fraction of sp³-hybridized carbons (Fsp3) is 0.667. The maximum atomic E-state index is 11.8. The molecule has 0 radical (unpaired) electrons. The summed E-state index contributed by atoms with van der Waals surface area (Å²) in [7, 11) is 0. The van der Waals surface area contributed by atoms with Crippen molar-refractivity contribution in [2.45, 2.75) is 128 Å². The minimum absolute atomic E-state index is 0.121. The van der Waals surface area contributed by atoms with Gasteiger partial charge in [0, 0.05) is 13.2 Å². The topological polar surface area (TPSA) is 51.2 Å². The highest BCUT2D eigenvalue weighted by molar-refractivity contribution is 5.14. The predicted molar refractivity (Wildman–Crippen MR) is 169 cm³/mol. The van der Waals surface area contributed by atoms with Crippen molar-refractivity contribution in [3.8, 4) is 0 Å². The molecule has 5 heteroatoms. The van der Waals surface area contributed by atoms with E-state index in [0.29, 0.717) is 19.8 Å². The van der Waals surface area contributed by atoms with E-state index in [1.54, 1.807) is 0 Å². The Kier molecular flexibility index (Phi) is 17.3. The molecule has 1 aliphatic heterocycles. The van der Waals surface area contributed by atoms with Crippen molar-refractivity contribution in [2.24, 2.45) is 0 Å². The van der Waals surface area contributed by atoms with Crippen LogP contribution in [0.1, 0.15) is 102 Å². The molecule has 0 bridgehead atoms. The van der Waals surface area contributed by atoms with Crippen LogP contribution in [-0.4, -0.2) is 60.7 Å². The lowest BCUT2D eigenvalue weighted by molar-refractivity contribution is -0.190. The Bertz CT molecular complexity index is 880. The summed E-state index contributed by atoms with van der Waals surface area (Å²) in [5.74, 6) is 0. The van der Waals surface area contributed by atoms with Gasteiger partial charge in [-0.25, -0.2) is 0 Å². The van der Waals surface area contributed by atoms with Crippen molar-refractivity contribution in [3.63, 3.8) is 0 Å². The van der Waals surface area contributed by atoms with Gasteiger partial charge in [-0.3, -0.25) is 4.90 Å². The summed E-state index contributed by atoms with van der Waals surface area (Å²) in [4.78, 5) is 2.42. The molecule has 0 saturated carbocycles. The fourth-order valence-electron chi connectivity index (χ4n) is 5.79. The number of hydrogen-bond acceptors (Lipinski definition) is 5. The monoisotopic (exact) mass is 567 g/mol. The standard InChI is InChI=1S/C36H57NO4/c1-3-5-7-9-11-19-25-37-27-34(40-26-20-12-10-8-6-4-2)36(41-29-32-23-17-14-18-24-32)35(38)33(37)30-39-28-31-21-15-13-16-22-31/h13-18,21-24,33-36,38H,3-12,19-20,25-30H2,1-2H3/t33-,34+,35+,36-/m1/s1. The molecule has 0 unspecified atom stereocenters. The van der Waals surface area contributed by atoms with Crippen molar-refractivity contribution in [1.29, 1.82) is 0 Å². The van der Waals surface area contributed by atoms with E-state index in [1.807, 2.05) is 36.4 Å². The first-order valence-electron chi connectivity index (χ1n) is 16.5. The molecule has 0 amide bonds. The number of aliphatic hydroxyl groups excluding tert-OH is 1. The minimum Gasteiger partial charge on any atom is -0.389 e. The van der Waals surface area contributed by atoms with Gasteiger partial charge in [0.15, 0.2) is 0 Å². The molecule has 3 rings (SSSR count). The second-order valence-corrected chi connectivity index (χ2v) is 11.8. The minimum atomic E-state index is -0.683. The molecule has 2 aromatic carbocycles. The molecule has 2 aromatic rings. The largest absolute Gasteiger partial charge is 0.389 e. The van der Waals surface area contributed by atoms with E-state index in [2.05, 4.69) is 43.0 Å². The van der Waals surface area contributed by atoms with Gasteiger partial charge in [0.05, 0.1) is 32.0 Å². The van der Waals surface area contributed by atoms with E-state index >= 15 is 0 Å². The number of aliphatic hydroxyl groups is 1. The van der Waals surface area contributed by atoms with Crippen LogP contribution in [0.4, 0.5) is 0 Å². The van der Waals surface area contributed by atoms with Crippen LogP contribution in [0.5, 0.6) is 0 Å². The molecular weight excluding hydrogens is 510 g/mol. The molecule has 1 N–H and O–H groups in total. The van der Waals surface area contributed by atoms with Gasteiger partial charge < -0.3 is 19.3 Å². The Morgan fingerprint density at radius 2 is 1.24 bits per heavy atom. The first kappa shape index (κ1) is 33.7. The first-order valence-corrected chi connectivity index (χ1v) is 16.5. The number of piperidine rings is 1. The third kappa shape index (κ3) is 13.0.